The molecule has 0 aliphatic rings. The molecule has 0 unspecified atom stereocenters. The largest absolute Gasteiger partial charge is 0.573 e. The van der Waals surface area contributed by atoms with Crippen LogP contribution in [0.3, 0.4) is 0 Å². The highest BCUT2D eigenvalue weighted by Crippen LogP contribution is 2.31. The maximum absolute atomic E-state index is 12.3. The Morgan fingerprint density at radius 1 is 1.48 bits per heavy atom. The van der Waals surface area contributed by atoms with Crippen LogP contribution in [0.15, 0.2) is 6.07 Å². The lowest BCUT2D eigenvalue weighted by Crippen LogP contribution is -2.19. The molecule has 0 aliphatic carbocycles. The Morgan fingerprint density at radius 3 is 2.57 bits per heavy atom. The summed E-state index contributed by atoms with van der Waals surface area (Å²) in [5.74, 6) is -2.35. The van der Waals surface area contributed by atoms with Crippen LogP contribution in [0.25, 0.3) is 0 Å². The molecule has 1 aromatic rings. The van der Waals surface area contributed by atoms with Crippen molar-refractivity contribution in [1.82, 2.24) is 4.98 Å². The molecule has 0 aromatic carbocycles. The highest BCUT2D eigenvalue weighted by atomic mass is 19.4. The van der Waals surface area contributed by atoms with Crippen LogP contribution in [0.5, 0.6) is 5.75 Å². The van der Waals surface area contributed by atoms with Gasteiger partial charge in [0.05, 0.1) is 12.2 Å². The summed E-state index contributed by atoms with van der Waals surface area (Å²) in [7, 11) is 0. The third-order valence-electron chi connectivity index (χ3n) is 2.28. The van der Waals surface area contributed by atoms with Gasteiger partial charge in [0.1, 0.15) is 12.2 Å². The van der Waals surface area contributed by atoms with Gasteiger partial charge < -0.3 is 19.6 Å². The fourth-order valence-corrected chi connectivity index (χ4v) is 1.48. The first-order valence-electron chi connectivity index (χ1n) is 5.70. The van der Waals surface area contributed by atoms with Crippen LogP contribution in [0, 0.1) is 17.0 Å². The summed E-state index contributed by atoms with van der Waals surface area (Å²) < 4.78 is 45.1. The molecule has 1 heterocycles. The van der Waals surface area contributed by atoms with E-state index in [2.05, 4.69) is 14.5 Å². The summed E-state index contributed by atoms with van der Waals surface area (Å²) >= 11 is 0. The number of hydrogen-bond donors (Lipinski definition) is 0. The Morgan fingerprint density at radius 2 is 2.10 bits per heavy atom. The van der Waals surface area contributed by atoms with Crippen molar-refractivity contribution in [2.45, 2.75) is 26.6 Å². The van der Waals surface area contributed by atoms with Crippen LogP contribution in [0.4, 0.5) is 19.0 Å². The van der Waals surface area contributed by atoms with E-state index in [9.17, 15) is 28.1 Å². The van der Waals surface area contributed by atoms with Gasteiger partial charge in [-0.15, -0.1) is 13.2 Å². The lowest BCUT2D eigenvalue weighted by molar-refractivity contribution is -0.390. The molecule has 0 saturated carbocycles. The molecule has 0 aliphatic heterocycles. The second-order valence-corrected chi connectivity index (χ2v) is 3.85. The molecular weight excluding hydrogens is 297 g/mol. The van der Waals surface area contributed by atoms with E-state index in [4.69, 9.17) is 0 Å². The number of esters is 1. The Balaban J connectivity index is 3.21. The number of alkyl halides is 3. The standard InChI is InChI=1S/C11H11F3N2O5/c1-3-20-9(17)5-7-4-8(21-11(12,13)14)6(2)10(15-7)16(18)19/h4H,3,5H2,1-2H3. The number of carbonyl (C=O) groups excluding carboxylic acids is 1. The van der Waals surface area contributed by atoms with E-state index in [1.807, 2.05) is 0 Å². The highest BCUT2D eigenvalue weighted by molar-refractivity contribution is 5.72. The van der Waals surface area contributed by atoms with E-state index in [-0.39, 0.29) is 17.9 Å². The molecule has 0 saturated heterocycles. The zero-order chi connectivity index (χ0) is 16.2. The molecule has 0 bridgehead atoms. The monoisotopic (exact) mass is 308 g/mol. The third kappa shape index (κ3) is 4.89. The summed E-state index contributed by atoms with van der Waals surface area (Å²) in [5.41, 5.74) is -0.630. The number of ether oxygens (including phenoxy) is 2. The molecule has 7 nitrogen and oxygen atoms in total. The Kier molecular flexibility index (Phi) is 5.06. The van der Waals surface area contributed by atoms with Gasteiger partial charge in [0.15, 0.2) is 5.69 Å². The second kappa shape index (κ2) is 6.37. The lowest BCUT2D eigenvalue weighted by atomic mass is 10.2. The Bertz CT molecular complexity index is 560. The summed E-state index contributed by atoms with van der Waals surface area (Å²) in [6.07, 6.45) is -5.51. The molecule has 1 rings (SSSR count). The van der Waals surface area contributed by atoms with Crippen molar-refractivity contribution in [1.29, 1.82) is 0 Å². The van der Waals surface area contributed by atoms with Crippen LogP contribution < -0.4 is 4.74 Å². The van der Waals surface area contributed by atoms with Gasteiger partial charge in [0.2, 0.25) is 0 Å². The van der Waals surface area contributed by atoms with Crippen LogP contribution in [-0.2, 0) is 16.0 Å². The van der Waals surface area contributed by atoms with E-state index < -0.39 is 35.2 Å². The zero-order valence-electron chi connectivity index (χ0n) is 11.1. The summed E-state index contributed by atoms with van der Waals surface area (Å²) in [6, 6.07) is 0.826. The quantitative estimate of drug-likeness (QED) is 0.471. The van der Waals surface area contributed by atoms with Crippen molar-refractivity contribution in [2.24, 2.45) is 0 Å². The average Bonchev–Trinajstić information content (AvgIpc) is 2.31. The van der Waals surface area contributed by atoms with Crippen LogP contribution in [0.2, 0.25) is 0 Å². The minimum atomic E-state index is -5.01. The molecule has 116 valence electrons. The normalized spacial score (nSPS) is 11.1. The molecule has 10 heteroatoms. The number of nitro groups is 1. The van der Waals surface area contributed by atoms with Crippen LogP contribution in [-0.4, -0.2) is 28.8 Å². The van der Waals surface area contributed by atoms with Gasteiger partial charge in [-0.3, -0.25) is 4.79 Å². The molecule has 0 radical (unpaired) electrons. The minimum absolute atomic E-state index is 0.0682. The third-order valence-corrected chi connectivity index (χ3v) is 2.28. The van der Waals surface area contributed by atoms with Crippen LogP contribution in [0.1, 0.15) is 18.2 Å². The fraction of sp³-hybridized carbons (Fsp3) is 0.455. The number of aromatic nitrogens is 1. The van der Waals surface area contributed by atoms with Crippen molar-refractivity contribution in [3.8, 4) is 5.75 Å². The van der Waals surface area contributed by atoms with Gasteiger partial charge in [0.25, 0.3) is 0 Å². The van der Waals surface area contributed by atoms with Gasteiger partial charge in [-0.05, 0) is 23.8 Å². The second-order valence-electron chi connectivity index (χ2n) is 3.85. The number of halogens is 3. The first kappa shape index (κ1) is 16.7. The summed E-state index contributed by atoms with van der Waals surface area (Å²) in [5, 5.41) is 10.8. The minimum Gasteiger partial charge on any atom is -0.466 e. The highest BCUT2D eigenvalue weighted by Gasteiger charge is 2.34. The van der Waals surface area contributed by atoms with E-state index in [0.717, 1.165) is 13.0 Å². The predicted octanol–water partition coefficient (Wildman–Crippen LogP) is 2.30. The van der Waals surface area contributed by atoms with Gasteiger partial charge in [-0.2, -0.15) is 0 Å². The van der Waals surface area contributed by atoms with Crippen molar-refractivity contribution in [3.05, 3.63) is 27.4 Å². The topological polar surface area (TPSA) is 91.6 Å². The SMILES string of the molecule is CCOC(=O)Cc1cc(OC(F)(F)F)c(C)c([N+](=O)[O-])n1. The average molecular weight is 308 g/mol. The lowest BCUT2D eigenvalue weighted by Gasteiger charge is -2.11. The Labute approximate surface area is 116 Å². The predicted molar refractivity (Wildman–Crippen MR) is 62.6 cm³/mol. The van der Waals surface area contributed by atoms with E-state index >= 15 is 0 Å². The van der Waals surface area contributed by atoms with Gasteiger partial charge >= 0.3 is 18.1 Å². The first-order valence-corrected chi connectivity index (χ1v) is 5.70. The number of pyridine rings is 1. The van der Waals surface area contributed by atoms with E-state index in [0.29, 0.717) is 0 Å². The Hall–Kier alpha value is -2.39. The number of carbonyl (C=O) groups is 1. The molecule has 1 aromatic heterocycles. The molecule has 0 atom stereocenters. The first-order chi connectivity index (χ1) is 9.64. The van der Waals surface area contributed by atoms with Gasteiger partial charge in [-0.1, -0.05) is 0 Å². The number of hydrogen-bond acceptors (Lipinski definition) is 6. The maximum atomic E-state index is 12.3. The van der Waals surface area contributed by atoms with E-state index in [1.165, 1.54) is 0 Å². The molecule has 0 spiro atoms. The molecule has 21 heavy (non-hydrogen) atoms. The van der Waals surface area contributed by atoms with Gasteiger partial charge in [-0.25, -0.2) is 0 Å². The van der Waals surface area contributed by atoms with E-state index in [1.54, 1.807) is 6.92 Å². The molecule has 0 amide bonds. The van der Waals surface area contributed by atoms with Crippen molar-refractivity contribution in [2.75, 3.05) is 6.61 Å². The fourth-order valence-electron chi connectivity index (χ4n) is 1.48. The maximum Gasteiger partial charge on any atom is 0.573 e. The smallest absolute Gasteiger partial charge is 0.466 e. The van der Waals surface area contributed by atoms with Gasteiger partial charge in [0, 0.05) is 6.07 Å². The number of rotatable bonds is 5. The zero-order valence-corrected chi connectivity index (χ0v) is 11.1. The number of nitrogens with zero attached hydrogens (tertiary/aromatic N) is 2. The van der Waals surface area contributed by atoms with Crippen molar-refractivity contribution >= 4 is 11.8 Å². The molecular formula is C11H11F3N2O5. The molecule has 0 N–H and O–H groups in total. The van der Waals surface area contributed by atoms with Crippen LogP contribution >= 0.6 is 0 Å². The molecule has 0 fully saturated rings. The summed E-state index contributed by atoms with van der Waals surface area (Å²) in [6.45, 7) is 2.68. The summed E-state index contributed by atoms with van der Waals surface area (Å²) in [4.78, 5) is 24.7. The van der Waals surface area contributed by atoms with Crippen molar-refractivity contribution < 1.29 is 32.4 Å². The van der Waals surface area contributed by atoms with Crippen molar-refractivity contribution in [3.63, 3.8) is 0 Å².